The maximum Gasteiger partial charge on any atom is 0.321 e. The molecular formula is C22H20FN3O2. The van der Waals surface area contributed by atoms with Gasteiger partial charge >= 0.3 is 6.01 Å². The Hall–Kier alpha value is -3.28. The zero-order valence-corrected chi connectivity index (χ0v) is 15.3. The summed E-state index contributed by atoms with van der Waals surface area (Å²) < 4.78 is 18.9. The number of amides is 1. The lowest BCUT2D eigenvalue weighted by Crippen LogP contribution is -2.38. The normalized spacial score (nSPS) is 15.2. The van der Waals surface area contributed by atoms with Crippen molar-refractivity contribution in [3.05, 3.63) is 78.4 Å². The highest BCUT2D eigenvalue weighted by Gasteiger charge is 2.42. The van der Waals surface area contributed by atoms with Gasteiger partial charge in [0.05, 0.1) is 5.41 Å². The third kappa shape index (κ3) is 3.71. The molecule has 1 saturated carbocycles. The second kappa shape index (κ2) is 7.76. The number of ether oxygens (including phenoxy) is 1. The molecule has 1 aliphatic rings. The number of nitrogens with one attached hydrogen (secondary N) is 1. The molecule has 1 N–H and O–H groups in total. The second-order valence-corrected chi connectivity index (χ2v) is 6.91. The summed E-state index contributed by atoms with van der Waals surface area (Å²) in [6, 6.07) is 15.3. The van der Waals surface area contributed by atoms with Gasteiger partial charge in [0, 0.05) is 18.1 Å². The van der Waals surface area contributed by atoms with Crippen molar-refractivity contribution in [3.8, 4) is 11.8 Å². The number of rotatable bonds is 5. The highest BCUT2D eigenvalue weighted by atomic mass is 19.1. The van der Waals surface area contributed by atoms with Crippen molar-refractivity contribution in [3.63, 3.8) is 0 Å². The van der Waals surface area contributed by atoms with E-state index in [0.717, 1.165) is 31.2 Å². The topological polar surface area (TPSA) is 64.1 Å². The van der Waals surface area contributed by atoms with E-state index in [4.69, 9.17) is 4.74 Å². The van der Waals surface area contributed by atoms with Crippen LogP contribution in [0.1, 0.15) is 31.2 Å². The molecule has 0 aliphatic heterocycles. The first-order chi connectivity index (χ1) is 13.7. The summed E-state index contributed by atoms with van der Waals surface area (Å²) in [7, 11) is 0. The summed E-state index contributed by atoms with van der Waals surface area (Å²) in [5.74, 6) is 0.227. The Morgan fingerprint density at radius 3 is 2.25 bits per heavy atom. The molecule has 5 nitrogen and oxygen atoms in total. The van der Waals surface area contributed by atoms with Crippen molar-refractivity contribution in [1.29, 1.82) is 0 Å². The maximum atomic E-state index is 13.3. The predicted octanol–water partition coefficient (Wildman–Crippen LogP) is 4.86. The lowest BCUT2D eigenvalue weighted by atomic mass is 9.78. The molecule has 1 heterocycles. The van der Waals surface area contributed by atoms with Gasteiger partial charge in [0.15, 0.2) is 0 Å². The highest BCUT2D eigenvalue weighted by Crippen LogP contribution is 2.42. The number of halogens is 1. The van der Waals surface area contributed by atoms with Gasteiger partial charge in [0.25, 0.3) is 0 Å². The Bertz CT molecular complexity index is 938. The maximum absolute atomic E-state index is 13.3. The Labute approximate surface area is 162 Å². The quantitative estimate of drug-likeness (QED) is 0.690. The summed E-state index contributed by atoms with van der Waals surface area (Å²) in [6.45, 7) is 0. The molecule has 0 spiro atoms. The van der Waals surface area contributed by atoms with Gasteiger partial charge < -0.3 is 10.1 Å². The Morgan fingerprint density at radius 1 is 0.964 bits per heavy atom. The number of benzene rings is 2. The smallest absolute Gasteiger partial charge is 0.321 e. The van der Waals surface area contributed by atoms with Gasteiger partial charge in [-0.3, -0.25) is 4.79 Å². The van der Waals surface area contributed by atoms with E-state index >= 15 is 0 Å². The number of nitrogens with zero attached hydrogens (tertiary/aromatic N) is 2. The summed E-state index contributed by atoms with van der Waals surface area (Å²) in [5, 5.41) is 3.01. The molecule has 1 aromatic heterocycles. The van der Waals surface area contributed by atoms with Crippen LogP contribution in [0, 0.1) is 5.82 Å². The number of carbonyl (C=O) groups excluding carboxylic acids is 1. The van der Waals surface area contributed by atoms with Gasteiger partial charge in [0.2, 0.25) is 5.91 Å². The summed E-state index contributed by atoms with van der Waals surface area (Å²) in [5.41, 5.74) is 0.936. The van der Waals surface area contributed by atoms with Crippen molar-refractivity contribution in [2.75, 3.05) is 5.32 Å². The zero-order valence-electron chi connectivity index (χ0n) is 15.3. The molecule has 6 heteroatoms. The molecule has 2 aromatic carbocycles. The third-order valence-corrected chi connectivity index (χ3v) is 5.15. The summed E-state index contributed by atoms with van der Waals surface area (Å²) >= 11 is 0. The number of anilines is 1. The van der Waals surface area contributed by atoms with Crippen molar-refractivity contribution in [2.24, 2.45) is 0 Å². The van der Waals surface area contributed by atoms with E-state index in [-0.39, 0.29) is 17.7 Å². The van der Waals surface area contributed by atoms with Crippen LogP contribution < -0.4 is 10.1 Å². The summed E-state index contributed by atoms with van der Waals surface area (Å²) in [6.07, 6.45) is 6.69. The molecule has 1 amide bonds. The average molecular weight is 377 g/mol. The monoisotopic (exact) mass is 377 g/mol. The fourth-order valence-electron chi connectivity index (χ4n) is 3.69. The van der Waals surface area contributed by atoms with E-state index in [1.54, 1.807) is 54.9 Å². The van der Waals surface area contributed by atoms with Crippen LogP contribution >= 0.6 is 0 Å². The largest absolute Gasteiger partial charge is 0.424 e. The molecule has 0 unspecified atom stereocenters. The van der Waals surface area contributed by atoms with Crippen LogP contribution in [-0.2, 0) is 10.2 Å². The first-order valence-corrected chi connectivity index (χ1v) is 9.28. The third-order valence-electron chi connectivity index (χ3n) is 5.15. The molecule has 1 fully saturated rings. The molecule has 0 bridgehead atoms. The first-order valence-electron chi connectivity index (χ1n) is 9.28. The van der Waals surface area contributed by atoms with Crippen molar-refractivity contribution in [1.82, 2.24) is 9.97 Å². The Morgan fingerprint density at radius 2 is 1.61 bits per heavy atom. The SMILES string of the molecule is O=C(Nc1ccc(Oc2ncccn2)cc1)C1(c2ccc(F)cc2)CCCC1. The molecule has 28 heavy (non-hydrogen) atoms. The Balaban J connectivity index is 1.49. The van der Waals surface area contributed by atoms with E-state index in [9.17, 15) is 9.18 Å². The van der Waals surface area contributed by atoms with Gasteiger partial charge in [-0.1, -0.05) is 25.0 Å². The number of hydrogen-bond donors (Lipinski definition) is 1. The fraction of sp³-hybridized carbons (Fsp3) is 0.227. The molecule has 0 radical (unpaired) electrons. The second-order valence-electron chi connectivity index (χ2n) is 6.91. The zero-order chi connectivity index (χ0) is 19.4. The number of hydrogen-bond acceptors (Lipinski definition) is 4. The van der Waals surface area contributed by atoms with Crippen LogP contribution in [0.15, 0.2) is 67.0 Å². The molecular weight excluding hydrogens is 357 g/mol. The van der Waals surface area contributed by atoms with Crippen LogP contribution in [0.25, 0.3) is 0 Å². The van der Waals surface area contributed by atoms with Crippen molar-refractivity contribution < 1.29 is 13.9 Å². The standard InChI is InChI=1S/C22H20FN3O2/c23-17-6-4-16(5-7-17)22(12-1-2-13-22)20(27)26-18-8-10-19(11-9-18)28-21-24-14-3-15-25-21/h3-11,14-15H,1-2,12-13H2,(H,26,27). The predicted molar refractivity (Wildman–Crippen MR) is 104 cm³/mol. The van der Waals surface area contributed by atoms with Gasteiger partial charge in [-0.25, -0.2) is 14.4 Å². The lowest BCUT2D eigenvalue weighted by molar-refractivity contribution is -0.121. The van der Waals surface area contributed by atoms with Crippen LogP contribution in [-0.4, -0.2) is 15.9 Å². The minimum absolute atomic E-state index is 0.0586. The molecule has 4 rings (SSSR count). The fourth-order valence-corrected chi connectivity index (χ4v) is 3.69. The van der Waals surface area contributed by atoms with Crippen molar-refractivity contribution in [2.45, 2.75) is 31.1 Å². The molecule has 142 valence electrons. The molecule has 3 aromatic rings. The van der Waals surface area contributed by atoms with Crippen LogP contribution in [0.5, 0.6) is 11.8 Å². The van der Waals surface area contributed by atoms with Crippen molar-refractivity contribution >= 4 is 11.6 Å². The van der Waals surface area contributed by atoms with E-state index < -0.39 is 5.41 Å². The number of aromatic nitrogens is 2. The van der Waals surface area contributed by atoms with E-state index in [2.05, 4.69) is 15.3 Å². The first kappa shape index (κ1) is 18.1. The van der Waals surface area contributed by atoms with Crippen LogP contribution in [0.2, 0.25) is 0 Å². The van der Waals surface area contributed by atoms with E-state index in [0.29, 0.717) is 11.4 Å². The van der Waals surface area contributed by atoms with Gasteiger partial charge in [0.1, 0.15) is 11.6 Å². The summed E-state index contributed by atoms with van der Waals surface area (Å²) in [4.78, 5) is 21.2. The minimum atomic E-state index is -0.610. The molecule has 0 saturated heterocycles. The lowest BCUT2D eigenvalue weighted by Gasteiger charge is -2.28. The molecule has 0 atom stereocenters. The van der Waals surface area contributed by atoms with Gasteiger partial charge in [-0.15, -0.1) is 0 Å². The van der Waals surface area contributed by atoms with Gasteiger partial charge in [-0.2, -0.15) is 0 Å². The molecule has 1 aliphatic carbocycles. The van der Waals surface area contributed by atoms with E-state index in [1.165, 1.54) is 12.1 Å². The minimum Gasteiger partial charge on any atom is -0.424 e. The van der Waals surface area contributed by atoms with E-state index in [1.807, 2.05) is 0 Å². The Kier molecular flexibility index (Phi) is 5.02. The van der Waals surface area contributed by atoms with Crippen LogP contribution in [0.3, 0.4) is 0 Å². The van der Waals surface area contributed by atoms with Gasteiger partial charge in [-0.05, 0) is 60.9 Å². The number of carbonyl (C=O) groups is 1. The highest BCUT2D eigenvalue weighted by molar-refractivity contribution is 5.99. The average Bonchev–Trinajstić information content (AvgIpc) is 3.22. The van der Waals surface area contributed by atoms with Crippen LogP contribution in [0.4, 0.5) is 10.1 Å².